The second-order valence-corrected chi connectivity index (χ2v) is 9.69. The van der Waals surface area contributed by atoms with Gasteiger partial charge < -0.3 is 59.8 Å². The van der Waals surface area contributed by atoms with Crippen molar-refractivity contribution in [3.8, 4) is 0 Å². The molecule has 0 aromatic heterocycles. The van der Waals surface area contributed by atoms with Crippen molar-refractivity contribution in [3.05, 3.63) is 0 Å². The van der Waals surface area contributed by atoms with Gasteiger partial charge in [0.25, 0.3) is 5.60 Å². The third kappa shape index (κ3) is 6.38. The molecule has 228 valence electrons. The van der Waals surface area contributed by atoms with Gasteiger partial charge in [-0.25, -0.2) is 9.59 Å². The van der Waals surface area contributed by atoms with E-state index in [0.29, 0.717) is 25.7 Å². The molecular formula is C24H42O15. The number of unbranched alkanes of at least 4 members (excludes halogenated alkanes) is 4. The van der Waals surface area contributed by atoms with Gasteiger partial charge in [-0.1, -0.05) is 39.5 Å². The molecule has 2 fully saturated rings. The number of aliphatic hydroxyl groups excluding tert-OH is 7. The van der Waals surface area contributed by atoms with Crippen LogP contribution < -0.4 is 0 Å². The molecule has 9 atom stereocenters. The third-order valence-corrected chi connectivity index (χ3v) is 6.90. The summed E-state index contributed by atoms with van der Waals surface area (Å²) >= 11 is 0. The molecular weight excluding hydrogens is 528 g/mol. The molecule has 1 unspecified atom stereocenters. The molecule has 0 bridgehead atoms. The number of ether oxygens (including phenoxy) is 5. The lowest BCUT2D eigenvalue weighted by atomic mass is 9.79. The van der Waals surface area contributed by atoms with E-state index in [1.165, 1.54) is 0 Å². The fraction of sp³-hybridized carbons (Fsp3) is 0.917. The molecule has 15 heteroatoms. The van der Waals surface area contributed by atoms with Gasteiger partial charge in [0.1, 0.15) is 43.2 Å². The summed E-state index contributed by atoms with van der Waals surface area (Å²) in [6.07, 6.45) is -8.93. The lowest BCUT2D eigenvalue weighted by Gasteiger charge is -2.53. The van der Waals surface area contributed by atoms with E-state index in [-0.39, 0.29) is 13.2 Å². The molecule has 0 spiro atoms. The minimum atomic E-state index is -3.61. The van der Waals surface area contributed by atoms with Crippen molar-refractivity contribution < 1.29 is 74.1 Å². The second kappa shape index (κ2) is 14.4. The van der Waals surface area contributed by atoms with Gasteiger partial charge in [0.05, 0.1) is 26.4 Å². The molecule has 2 saturated heterocycles. The Morgan fingerprint density at radius 2 is 1.23 bits per heavy atom. The summed E-state index contributed by atoms with van der Waals surface area (Å²) < 4.78 is 26.7. The maximum Gasteiger partial charge on any atom is 0.371 e. The maximum atomic E-state index is 13.6. The number of esters is 2. The summed E-state index contributed by atoms with van der Waals surface area (Å²) in [5.41, 5.74) is -3.61. The number of carbonyl (C=O) groups is 2. The lowest BCUT2D eigenvalue weighted by Crippen LogP contribution is -2.81. The zero-order chi connectivity index (χ0) is 29.4. The Bertz CT molecular complexity index is 797. The predicted octanol–water partition coefficient (Wildman–Crippen LogP) is -3.19. The summed E-state index contributed by atoms with van der Waals surface area (Å²) in [5.74, 6) is -9.71. The Morgan fingerprint density at radius 1 is 0.744 bits per heavy atom. The van der Waals surface area contributed by atoms with E-state index in [1.807, 2.05) is 13.8 Å². The summed E-state index contributed by atoms with van der Waals surface area (Å²) in [6.45, 7) is -0.0992. The molecule has 0 saturated carbocycles. The number of rotatable bonds is 15. The fourth-order valence-electron chi connectivity index (χ4n) is 4.50. The first-order valence-corrected chi connectivity index (χ1v) is 13.1. The van der Waals surface area contributed by atoms with E-state index in [1.54, 1.807) is 0 Å². The molecule has 8 N–H and O–H groups in total. The Balaban J connectivity index is 2.67. The van der Waals surface area contributed by atoms with E-state index in [9.17, 15) is 50.4 Å². The molecule has 0 aromatic rings. The molecule has 0 aromatic carbocycles. The van der Waals surface area contributed by atoms with E-state index >= 15 is 0 Å². The number of aliphatic hydroxyl groups is 8. The smallest absolute Gasteiger partial charge is 0.371 e. The SMILES string of the molecule is CCCCCOC(=O)[C@@]1(OC2(CO)O[C@H](CO)[C@@H](O)[C@@H]2O)O[C@H](CO)[C@@H](O)[C@H](O)[C@]1(O)C(=O)OCCCCC. The first kappa shape index (κ1) is 33.7. The number of carbonyl (C=O) groups excluding carboxylic acids is 2. The monoisotopic (exact) mass is 570 g/mol. The van der Waals surface area contributed by atoms with Crippen molar-refractivity contribution in [1.29, 1.82) is 0 Å². The van der Waals surface area contributed by atoms with Crippen molar-refractivity contribution in [3.63, 3.8) is 0 Å². The van der Waals surface area contributed by atoms with Crippen LogP contribution in [0.15, 0.2) is 0 Å². The molecule has 2 aliphatic heterocycles. The average Bonchev–Trinajstić information content (AvgIpc) is 3.18. The van der Waals surface area contributed by atoms with Gasteiger partial charge in [-0.15, -0.1) is 0 Å². The van der Waals surface area contributed by atoms with Crippen LogP contribution in [0.5, 0.6) is 0 Å². The highest BCUT2D eigenvalue weighted by atomic mass is 16.8. The highest BCUT2D eigenvalue weighted by Crippen LogP contribution is 2.46. The van der Waals surface area contributed by atoms with Gasteiger partial charge in [0.2, 0.25) is 5.79 Å². The van der Waals surface area contributed by atoms with E-state index < -0.39 is 85.6 Å². The summed E-state index contributed by atoms with van der Waals surface area (Å²) in [6, 6.07) is 0. The van der Waals surface area contributed by atoms with Crippen molar-refractivity contribution in [2.24, 2.45) is 0 Å². The Kier molecular flexibility index (Phi) is 12.5. The van der Waals surface area contributed by atoms with Crippen LogP contribution >= 0.6 is 0 Å². The maximum absolute atomic E-state index is 13.6. The fourth-order valence-corrected chi connectivity index (χ4v) is 4.50. The molecule has 2 rings (SSSR count). The van der Waals surface area contributed by atoms with Gasteiger partial charge in [-0.3, -0.25) is 4.74 Å². The van der Waals surface area contributed by atoms with Gasteiger partial charge >= 0.3 is 17.7 Å². The Labute approximate surface area is 225 Å². The first-order chi connectivity index (χ1) is 18.5. The molecule has 0 amide bonds. The van der Waals surface area contributed by atoms with E-state index in [0.717, 1.165) is 12.8 Å². The quantitative estimate of drug-likeness (QED) is 0.0714. The van der Waals surface area contributed by atoms with Gasteiger partial charge in [-0.2, -0.15) is 0 Å². The van der Waals surface area contributed by atoms with Crippen molar-refractivity contribution in [1.82, 2.24) is 0 Å². The van der Waals surface area contributed by atoms with Crippen molar-refractivity contribution >= 4 is 11.9 Å². The zero-order valence-electron chi connectivity index (χ0n) is 22.2. The Morgan fingerprint density at radius 3 is 1.69 bits per heavy atom. The van der Waals surface area contributed by atoms with Crippen LogP contribution in [0, 0.1) is 0 Å². The summed E-state index contributed by atoms with van der Waals surface area (Å²) in [5, 5.41) is 83.7. The molecule has 0 aliphatic carbocycles. The van der Waals surface area contributed by atoms with Crippen LogP contribution in [0.25, 0.3) is 0 Å². The average molecular weight is 571 g/mol. The molecule has 39 heavy (non-hydrogen) atoms. The standard InChI is InChI=1S/C24H42O15/c1-3-5-7-9-35-20(32)23(34)19(31)17(29)15(12-26)38-24(23,21(33)36-10-8-6-4-2)39-22(13-27)18(30)16(28)14(11-25)37-22/h14-19,25-31,34H,3-13H2,1-2H3/t14-,15-,16-,17-,18+,19+,22?,23+,24+/m1/s1. The highest BCUT2D eigenvalue weighted by molar-refractivity contribution is 5.92. The van der Waals surface area contributed by atoms with E-state index in [2.05, 4.69) is 0 Å². The van der Waals surface area contributed by atoms with E-state index in [4.69, 9.17) is 23.7 Å². The van der Waals surface area contributed by atoms with Crippen LogP contribution in [-0.4, -0.2) is 140 Å². The molecule has 2 aliphatic rings. The predicted molar refractivity (Wildman–Crippen MR) is 127 cm³/mol. The van der Waals surface area contributed by atoms with Gasteiger partial charge in [0, 0.05) is 0 Å². The van der Waals surface area contributed by atoms with Crippen LogP contribution in [0.3, 0.4) is 0 Å². The zero-order valence-corrected chi connectivity index (χ0v) is 22.2. The minimum absolute atomic E-state index is 0.279. The van der Waals surface area contributed by atoms with Gasteiger partial charge in [-0.05, 0) is 12.8 Å². The molecule has 0 radical (unpaired) electrons. The molecule has 15 nitrogen and oxygen atoms in total. The normalized spacial score (nSPS) is 38.5. The van der Waals surface area contributed by atoms with Crippen LogP contribution in [0.1, 0.15) is 52.4 Å². The summed E-state index contributed by atoms with van der Waals surface area (Å²) in [4.78, 5) is 27.0. The van der Waals surface area contributed by atoms with Crippen molar-refractivity contribution in [2.75, 3.05) is 33.0 Å². The topological polar surface area (TPSA) is 242 Å². The number of hydrogen-bond donors (Lipinski definition) is 8. The van der Waals surface area contributed by atoms with Crippen molar-refractivity contribution in [2.45, 2.75) is 106 Å². The van der Waals surface area contributed by atoms with Crippen LogP contribution in [0.2, 0.25) is 0 Å². The first-order valence-electron chi connectivity index (χ1n) is 13.1. The lowest BCUT2D eigenvalue weighted by molar-refractivity contribution is -0.438. The minimum Gasteiger partial charge on any atom is -0.463 e. The third-order valence-electron chi connectivity index (χ3n) is 6.90. The van der Waals surface area contributed by atoms with Gasteiger partial charge in [0.15, 0.2) is 0 Å². The summed E-state index contributed by atoms with van der Waals surface area (Å²) in [7, 11) is 0. The van der Waals surface area contributed by atoms with Crippen LogP contribution in [-0.2, 0) is 33.3 Å². The Hall–Kier alpha value is -1.50. The molecule has 2 heterocycles. The second-order valence-electron chi connectivity index (χ2n) is 9.69. The van der Waals surface area contributed by atoms with Crippen LogP contribution in [0.4, 0.5) is 0 Å². The number of hydrogen-bond acceptors (Lipinski definition) is 15. The largest absolute Gasteiger partial charge is 0.463 e. The highest BCUT2D eigenvalue weighted by Gasteiger charge is 2.77.